The van der Waals surface area contributed by atoms with Crippen molar-refractivity contribution in [2.75, 3.05) is 0 Å². The Labute approximate surface area is 117 Å². The number of hydrogen-bond acceptors (Lipinski definition) is 6. The summed E-state index contributed by atoms with van der Waals surface area (Å²) in [6, 6.07) is 0. The van der Waals surface area contributed by atoms with Gasteiger partial charge in [-0.2, -0.15) is 14.6 Å². The summed E-state index contributed by atoms with van der Waals surface area (Å²) in [5.41, 5.74) is 7.12. The normalized spacial score (nSPS) is 11.1. The number of nitrogens with zero attached hydrogens (tertiary/aromatic N) is 4. The van der Waals surface area contributed by atoms with E-state index in [-0.39, 0.29) is 17.3 Å². The number of hydrogen-bond donors (Lipinski definition) is 2. The van der Waals surface area contributed by atoms with E-state index in [9.17, 15) is 9.59 Å². The van der Waals surface area contributed by atoms with Crippen molar-refractivity contribution < 1.29 is 9.32 Å². The molecule has 9 heteroatoms. The Balaban J connectivity index is 2.25. The van der Waals surface area contributed by atoms with Gasteiger partial charge in [-0.3, -0.25) is 9.59 Å². The molecule has 0 spiro atoms. The van der Waals surface area contributed by atoms with E-state index in [0.29, 0.717) is 23.2 Å². The third kappa shape index (κ3) is 1.90. The zero-order valence-corrected chi connectivity index (χ0v) is 11.4. The summed E-state index contributed by atoms with van der Waals surface area (Å²) < 4.78 is 6.21. The van der Waals surface area contributed by atoms with Crippen LogP contribution in [0.15, 0.2) is 15.5 Å². The van der Waals surface area contributed by atoms with Gasteiger partial charge in [0.2, 0.25) is 0 Å². The molecule has 0 radical (unpaired) electrons. The third-order valence-electron chi connectivity index (χ3n) is 3.21. The van der Waals surface area contributed by atoms with Gasteiger partial charge in [0, 0.05) is 11.3 Å². The molecule has 1 amide bonds. The van der Waals surface area contributed by atoms with Gasteiger partial charge in [0.25, 0.3) is 23.2 Å². The average molecular weight is 288 g/mol. The first-order chi connectivity index (χ1) is 10.0. The second-order valence-electron chi connectivity index (χ2n) is 4.49. The number of carbonyl (C=O) groups is 1. The highest BCUT2D eigenvalue weighted by Gasteiger charge is 2.19. The lowest BCUT2D eigenvalue weighted by atomic mass is 10.2. The van der Waals surface area contributed by atoms with E-state index >= 15 is 0 Å². The second-order valence-corrected chi connectivity index (χ2v) is 4.49. The van der Waals surface area contributed by atoms with Crippen molar-refractivity contribution in [2.24, 2.45) is 5.73 Å². The van der Waals surface area contributed by atoms with Crippen LogP contribution in [-0.2, 0) is 6.42 Å². The van der Waals surface area contributed by atoms with Crippen LogP contribution >= 0.6 is 0 Å². The Bertz CT molecular complexity index is 903. The lowest BCUT2D eigenvalue weighted by Crippen LogP contribution is -2.21. The summed E-state index contributed by atoms with van der Waals surface area (Å²) in [5.74, 6) is -0.953. The number of rotatable bonds is 3. The van der Waals surface area contributed by atoms with Gasteiger partial charge in [0.15, 0.2) is 0 Å². The molecule has 0 saturated carbocycles. The highest BCUT2D eigenvalue weighted by molar-refractivity contribution is 5.89. The maximum atomic E-state index is 12.3. The molecule has 0 aliphatic heterocycles. The van der Waals surface area contributed by atoms with E-state index in [4.69, 9.17) is 10.3 Å². The minimum atomic E-state index is -0.792. The molecular weight excluding hydrogens is 276 g/mol. The number of aromatic nitrogens is 5. The molecule has 3 heterocycles. The fourth-order valence-electron chi connectivity index (χ4n) is 2.17. The maximum absolute atomic E-state index is 12.3. The zero-order chi connectivity index (χ0) is 15.1. The van der Waals surface area contributed by atoms with Gasteiger partial charge in [-0.25, -0.2) is 0 Å². The van der Waals surface area contributed by atoms with Crippen LogP contribution in [0, 0.1) is 6.92 Å². The van der Waals surface area contributed by atoms with E-state index < -0.39 is 5.91 Å². The molecule has 0 unspecified atom stereocenters. The Morgan fingerprint density at radius 3 is 2.90 bits per heavy atom. The molecule has 0 aliphatic rings. The van der Waals surface area contributed by atoms with Gasteiger partial charge >= 0.3 is 0 Å². The van der Waals surface area contributed by atoms with Crippen LogP contribution in [0.3, 0.4) is 0 Å². The average Bonchev–Trinajstić information content (AvgIpc) is 3.04. The Morgan fingerprint density at radius 2 is 2.29 bits per heavy atom. The van der Waals surface area contributed by atoms with E-state index in [1.807, 2.05) is 6.92 Å². The molecular formula is C12H12N6O3. The molecule has 108 valence electrons. The highest BCUT2D eigenvalue weighted by atomic mass is 16.5. The first-order valence-corrected chi connectivity index (χ1v) is 6.26. The quantitative estimate of drug-likeness (QED) is 0.699. The van der Waals surface area contributed by atoms with Gasteiger partial charge in [-0.1, -0.05) is 12.1 Å². The molecule has 3 rings (SSSR count). The summed E-state index contributed by atoms with van der Waals surface area (Å²) >= 11 is 0. The number of H-pyrrole nitrogens is 1. The lowest BCUT2D eigenvalue weighted by molar-refractivity contribution is 0.0987. The van der Waals surface area contributed by atoms with Crippen molar-refractivity contribution in [3.05, 3.63) is 33.6 Å². The maximum Gasteiger partial charge on any atom is 0.290 e. The van der Waals surface area contributed by atoms with Crippen LogP contribution in [0.25, 0.3) is 17.1 Å². The number of aryl methyl sites for hydroxylation is 1. The molecule has 3 aromatic heterocycles. The molecule has 9 nitrogen and oxygen atoms in total. The van der Waals surface area contributed by atoms with Gasteiger partial charge < -0.3 is 15.2 Å². The van der Waals surface area contributed by atoms with E-state index in [1.165, 1.54) is 10.7 Å². The van der Waals surface area contributed by atoms with Crippen molar-refractivity contribution >= 4 is 11.6 Å². The topological polar surface area (TPSA) is 132 Å². The minimum absolute atomic E-state index is 0.0677. The largest absolute Gasteiger partial charge is 0.363 e. The minimum Gasteiger partial charge on any atom is -0.363 e. The van der Waals surface area contributed by atoms with Crippen LogP contribution in [0.4, 0.5) is 0 Å². The van der Waals surface area contributed by atoms with E-state index in [1.54, 1.807) is 6.92 Å². The first-order valence-electron chi connectivity index (χ1n) is 6.26. The number of fused-ring (bicyclic) bond motifs is 1. The van der Waals surface area contributed by atoms with E-state index in [0.717, 1.165) is 5.69 Å². The number of nitrogens with one attached hydrogen (secondary N) is 1. The van der Waals surface area contributed by atoms with Gasteiger partial charge in [0.1, 0.15) is 11.2 Å². The summed E-state index contributed by atoms with van der Waals surface area (Å²) in [7, 11) is 0. The monoisotopic (exact) mass is 288 g/mol. The standard InChI is InChI=1S/C12H12N6O3/c1-3-6-5(2)15-10-7(4-14-18(10)12(6)20)11-16-9(8(13)19)17-21-11/h4,15H,3H2,1-2H3,(H2,13,19). The SMILES string of the molecule is CCc1c(C)[nH]c2c(-c3nc(C(N)=O)no3)cnn2c1=O. The summed E-state index contributed by atoms with van der Waals surface area (Å²) in [6.45, 7) is 3.70. The molecule has 3 N–H and O–H groups in total. The predicted molar refractivity (Wildman–Crippen MR) is 71.7 cm³/mol. The number of primary amides is 1. The number of nitrogens with two attached hydrogens (primary N) is 1. The Kier molecular flexibility index (Phi) is 2.82. The van der Waals surface area contributed by atoms with Crippen molar-refractivity contribution in [3.63, 3.8) is 0 Å². The first kappa shape index (κ1) is 13.0. The number of amides is 1. The molecule has 0 aromatic carbocycles. The molecule has 3 aromatic rings. The van der Waals surface area contributed by atoms with Crippen molar-refractivity contribution in [1.29, 1.82) is 0 Å². The fourth-order valence-corrected chi connectivity index (χ4v) is 2.17. The van der Waals surface area contributed by atoms with Crippen LogP contribution in [0.1, 0.15) is 28.8 Å². The smallest absolute Gasteiger partial charge is 0.290 e. The molecule has 0 fully saturated rings. The van der Waals surface area contributed by atoms with Crippen LogP contribution in [-0.4, -0.2) is 30.6 Å². The molecule has 0 saturated heterocycles. The molecule has 0 atom stereocenters. The van der Waals surface area contributed by atoms with Gasteiger partial charge in [-0.05, 0) is 13.3 Å². The summed E-state index contributed by atoms with van der Waals surface area (Å²) in [5, 5.41) is 7.49. The van der Waals surface area contributed by atoms with Crippen LogP contribution in [0.2, 0.25) is 0 Å². The lowest BCUT2D eigenvalue weighted by Gasteiger charge is -2.03. The second kappa shape index (κ2) is 4.54. The fraction of sp³-hybridized carbons (Fsp3) is 0.250. The van der Waals surface area contributed by atoms with Crippen molar-refractivity contribution in [1.82, 2.24) is 24.7 Å². The predicted octanol–water partition coefficient (Wildman–Crippen LogP) is 0.0423. The third-order valence-corrected chi connectivity index (χ3v) is 3.21. The van der Waals surface area contributed by atoms with E-state index in [2.05, 4.69) is 20.2 Å². The van der Waals surface area contributed by atoms with Gasteiger partial charge in [-0.15, -0.1) is 0 Å². The number of aromatic amines is 1. The van der Waals surface area contributed by atoms with Crippen molar-refractivity contribution in [2.45, 2.75) is 20.3 Å². The van der Waals surface area contributed by atoms with Crippen LogP contribution < -0.4 is 11.3 Å². The highest BCUT2D eigenvalue weighted by Crippen LogP contribution is 2.21. The number of carbonyl (C=O) groups excluding carboxylic acids is 1. The zero-order valence-electron chi connectivity index (χ0n) is 11.4. The summed E-state index contributed by atoms with van der Waals surface area (Å²) in [6.07, 6.45) is 2.02. The van der Waals surface area contributed by atoms with Gasteiger partial charge in [0.05, 0.1) is 6.20 Å². The molecule has 0 bridgehead atoms. The van der Waals surface area contributed by atoms with Crippen molar-refractivity contribution in [3.8, 4) is 11.5 Å². The molecule has 21 heavy (non-hydrogen) atoms. The Hall–Kier alpha value is -2.97. The summed E-state index contributed by atoms with van der Waals surface area (Å²) in [4.78, 5) is 30.2. The van der Waals surface area contributed by atoms with Crippen LogP contribution in [0.5, 0.6) is 0 Å². The molecule has 0 aliphatic carbocycles. The Morgan fingerprint density at radius 1 is 1.52 bits per heavy atom.